The average molecular weight is 233 g/mol. The van der Waals surface area contributed by atoms with Crippen molar-refractivity contribution in [2.75, 3.05) is 5.43 Å². The van der Waals surface area contributed by atoms with Gasteiger partial charge < -0.3 is 5.43 Å². The summed E-state index contributed by atoms with van der Waals surface area (Å²) < 4.78 is 13.5. The molecular formula is C11H12FN5. The standard InChI is InChI=1S/C11H12FN5/c1-6-4-3-5-8(14-6)10-15-7(2)9(12)11(16-10)17-13/h3-5H,13H2,1-2H3,(H,15,16,17). The first-order valence-corrected chi connectivity index (χ1v) is 5.06. The van der Waals surface area contributed by atoms with Crippen LogP contribution >= 0.6 is 0 Å². The zero-order chi connectivity index (χ0) is 12.4. The van der Waals surface area contributed by atoms with Gasteiger partial charge in [-0.1, -0.05) is 6.07 Å². The molecule has 0 radical (unpaired) electrons. The zero-order valence-corrected chi connectivity index (χ0v) is 9.53. The van der Waals surface area contributed by atoms with Gasteiger partial charge in [-0.05, 0) is 26.0 Å². The number of anilines is 1. The summed E-state index contributed by atoms with van der Waals surface area (Å²) in [4.78, 5) is 12.3. The largest absolute Gasteiger partial charge is 0.306 e. The van der Waals surface area contributed by atoms with Crippen molar-refractivity contribution in [3.63, 3.8) is 0 Å². The van der Waals surface area contributed by atoms with E-state index < -0.39 is 5.82 Å². The molecule has 0 aromatic carbocycles. The molecule has 2 aromatic heterocycles. The van der Waals surface area contributed by atoms with Crippen LogP contribution in [-0.4, -0.2) is 15.0 Å². The summed E-state index contributed by atoms with van der Waals surface area (Å²) in [6.45, 7) is 3.42. The molecule has 3 N–H and O–H groups in total. The number of hydrogen-bond acceptors (Lipinski definition) is 5. The van der Waals surface area contributed by atoms with E-state index in [1.54, 1.807) is 13.0 Å². The predicted molar refractivity (Wildman–Crippen MR) is 62.5 cm³/mol. The highest BCUT2D eigenvalue weighted by Gasteiger charge is 2.12. The number of pyridine rings is 1. The fourth-order valence-corrected chi connectivity index (χ4v) is 1.44. The van der Waals surface area contributed by atoms with Gasteiger partial charge >= 0.3 is 0 Å². The third kappa shape index (κ3) is 2.21. The SMILES string of the molecule is Cc1cccc(-c2nc(C)c(F)c(NN)n2)n1. The number of aryl methyl sites for hydroxylation is 2. The number of halogens is 1. The van der Waals surface area contributed by atoms with Gasteiger partial charge in [0.15, 0.2) is 17.5 Å². The summed E-state index contributed by atoms with van der Waals surface area (Å²) in [5.74, 6) is 4.96. The maximum absolute atomic E-state index is 13.5. The molecule has 0 spiro atoms. The van der Waals surface area contributed by atoms with E-state index in [9.17, 15) is 4.39 Å². The van der Waals surface area contributed by atoms with Crippen LogP contribution in [0.15, 0.2) is 18.2 Å². The van der Waals surface area contributed by atoms with Crippen LogP contribution in [-0.2, 0) is 0 Å². The molecule has 6 heteroatoms. The van der Waals surface area contributed by atoms with Gasteiger partial charge in [-0.25, -0.2) is 25.2 Å². The lowest BCUT2D eigenvalue weighted by Crippen LogP contribution is -2.13. The van der Waals surface area contributed by atoms with Crippen LogP contribution in [0.5, 0.6) is 0 Å². The van der Waals surface area contributed by atoms with Crippen LogP contribution in [0.1, 0.15) is 11.4 Å². The quantitative estimate of drug-likeness (QED) is 0.608. The van der Waals surface area contributed by atoms with Gasteiger partial charge in [0.1, 0.15) is 5.69 Å². The molecule has 0 fully saturated rings. The average Bonchev–Trinajstić information content (AvgIpc) is 2.32. The molecule has 2 aromatic rings. The Labute approximate surface area is 97.9 Å². The van der Waals surface area contributed by atoms with E-state index in [0.717, 1.165) is 5.69 Å². The molecule has 0 aliphatic heterocycles. The minimum absolute atomic E-state index is 0.0317. The molecule has 0 bridgehead atoms. The van der Waals surface area contributed by atoms with Crippen LogP contribution in [0.2, 0.25) is 0 Å². The van der Waals surface area contributed by atoms with Crippen molar-refractivity contribution in [2.45, 2.75) is 13.8 Å². The topological polar surface area (TPSA) is 76.7 Å². The van der Waals surface area contributed by atoms with Crippen molar-refractivity contribution >= 4 is 5.82 Å². The van der Waals surface area contributed by atoms with Gasteiger partial charge in [0.2, 0.25) is 0 Å². The molecular weight excluding hydrogens is 221 g/mol. The normalized spacial score (nSPS) is 10.4. The maximum Gasteiger partial charge on any atom is 0.187 e. The second-order valence-electron chi connectivity index (χ2n) is 3.60. The Kier molecular flexibility index (Phi) is 2.97. The Hall–Kier alpha value is -2.08. The summed E-state index contributed by atoms with van der Waals surface area (Å²) in [5, 5.41) is 0. The number of nitrogens with zero attached hydrogens (tertiary/aromatic N) is 3. The minimum Gasteiger partial charge on any atom is -0.306 e. The predicted octanol–water partition coefficient (Wildman–Crippen LogP) is 1.58. The number of hydrogen-bond donors (Lipinski definition) is 2. The number of nitrogens with two attached hydrogens (primary N) is 1. The Bertz CT molecular complexity index is 556. The Morgan fingerprint density at radius 1 is 1.18 bits per heavy atom. The molecule has 2 heterocycles. The van der Waals surface area contributed by atoms with Crippen molar-refractivity contribution in [1.82, 2.24) is 15.0 Å². The summed E-state index contributed by atoms with van der Waals surface area (Å²) in [6, 6.07) is 5.47. The van der Waals surface area contributed by atoms with Crippen LogP contribution in [0.4, 0.5) is 10.2 Å². The van der Waals surface area contributed by atoms with Gasteiger partial charge in [-0.3, -0.25) is 0 Å². The van der Waals surface area contributed by atoms with E-state index in [4.69, 9.17) is 5.84 Å². The molecule has 0 saturated carbocycles. The monoisotopic (exact) mass is 233 g/mol. The van der Waals surface area contributed by atoms with E-state index in [-0.39, 0.29) is 11.5 Å². The highest BCUT2D eigenvalue weighted by Crippen LogP contribution is 2.19. The van der Waals surface area contributed by atoms with Gasteiger partial charge in [0.05, 0.1) is 5.69 Å². The summed E-state index contributed by atoms with van der Waals surface area (Å²) in [6.07, 6.45) is 0. The van der Waals surface area contributed by atoms with Crippen molar-refractivity contribution in [2.24, 2.45) is 5.84 Å². The molecule has 88 valence electrons. The second kappa shape index (κ2) is 4.42. The number of nitrogen functional groups attached to an aromatic ring is 1. The van der Waals surface area contributed by atoms with Crippen molar-refractivity contribution in [3.05, 3.63) is 35.4 Å². The third-order valence-electron chi connectivity index (χ3n) is 2.27. The second-order valence-corrected chi connectivity index (χ2v) is 3.60. The van der Waals surface area contributed by atoms with Gasteiger partial charge in [-0.15, -0.1) is 0 Å². The van der Waals surface area contributed by atoms with Crippen LogP contribution in [0, 0.1) is 19.7 Å². The van der Waals surface area contributed by atoms with Crippen molar-refractivity contribution < 1.29 is 4.39 Å². The summed E-state index contributed by atoms with van der Waals surface area (Å²) >= 11 is 0. The molecule has 0 amide bonds. The molecule has 0 atom stereocenters. The number of aromatic nitrogens is 3. The van der Waals surface area contributed by atoms with Gasteiger partial charge in [-0.2, -0.15) is 0 Å². The third-order valence-corrected chi connectivity index (χ3v) is 2.27. The fraction of sp³-hybridized carbons (Fsp3) is 0.182. The lowest BCUT2D eigenvalue weighted by Gasteiger charge is -2.06. The molecule has 0 saturated heterocycles. The molecule has 2 rings (SSSR count). The van der Waals surface area contributed by atoms with E-state index in [0.29, 0.717) is 11.5 Å². The van der Waals surface area contributed by atoms with Crippen molar-refractivity contribution in [1.29, 1.82) is 0 Å². The van der Waals surface area contributed by atoms with Crippen molar-refractivity contribution in [3.8, 4) is 11.5 Å². The molecule has 17 heavy (non-hydrogen) atoms. The number of rotatable bonds is 2. The highest BCUT2D eigenvalue weighted by atomic mass is 19.1. The maximum atomic E-state index is 13.5. The summed E-state index contributed by atoms with van der Waals surface area (Å²) in [5.41, 5.74) is 3.87. The Balaban J connectivity index is 2.56. The first-order chi connectivity index (χ1) is 8.11. The Morgan fingerprint density at radius 2 is 1.94 bits per heavy atom. The molecule has 5 nitrogen and oxygen atoms in total. The van der Waals surface area contributed by atoms with E-state index in [1.807, 2.05) is 19.1 Å². The fourth-order valence-electron chi connectivity index (χ4n) is 1.44. The minimum atomic E-state index is -0.552. The van der Waals surface area contributed by atoms with Gasteiger partial charge in [0.25, 0.3) is 0 Å². The van der Waals surface area contributed by atoms with Crippen LogP contribution in [0.3, 0.4) is 0 Å². The molecule has 0 unspecified atom stereocenters. The first-order valence-electron chi connectivity index (χ1n) is 5.06. The number of nitrogens with one attached hydrogen (secondary N) is 1. The van der Waals surface area contributed by atoms with Gasteiger partial charge in [0, 0.05) is 5.69 Å². The van der Waals surface area contributed by atoms with E-state index in [1.165, 1.54) is 0 Å². The van der Waals surface area contributed by atoms with E-state index >= 15 is 0 Å². The van der Waals surface area contributed by atoms with E-state index in [2.05, 4.69) is 20.4 Å². The number of hydrazine groups is 1. The zero-order valence-electron chi connectivity index (χ0n) is 9.53. The molecule has 0 aliphatic carbocycles. The molecule has 0 aliphatic rings. The highest BCUT2D eigenvalue weighted by molar-refractivity contribution is 5.53. The lowest BCUT2D eigenvalue weighted by atomic mass is 10.3. The smallest absolute Gasteiger partial charge is 0.187 e. The first kappa shape index (κ1) is 11.4. The Morgan fingerprint density at radius 3 is 2.59 bits per heavy atom. The summed E-state index contributed by atoms with van der Waals surface area (Å²) in [7, 11) is 0. The van der Waals surface area contributed by atoms with Crippen LogP contribution in [0.25, 0.3) is 11.5 Å². The van der Waals surface area contributed by atoms with Crippen LogP contribution < -0.4 is 11.3 Å². The lowest BCUT2D eigenvalue weighted by molar-refractivity contribution is 0.606.